The van der Waals surface area contributed by atoms with Gasteiger partial charge in [0.2, 0.25) is 0 Å². The van der Waals surface area contributed by atoms with Crippen LogP contribution in [0, 0.1) is 0 Å². The van der Waals surface area contributed by atoms with E-state index >= 15 is 0 Å². The molecule has 4 aromatic heterocycles. The van der Waals surface area contributed by atoms with E-state index < -0.39 is 0 Å². The molecule has 63 heavy (non-hydrogen) atoms. The Balaban J connectivity index is 0.00000208. The van der Waals surface area contributed by atoms with Gasteiger partial charge in [0.15, 0.2) is 17.5 Å². The summed E-state index contributed by atoms with van der Waals surface area (Å²) < 4.78 is 15.1. The number of rotatable bonds is 5. The topological polar surface area (TPSA) is 69.9 Å². The Morgan fingerprint density at radius 2 is 0.889 bits per heavy atom. The van der Waals surface area contributed by atoms with Crippen LogP contribution >= 0.6 is 0 Å². The summed E-state index contributed by atoms with van der Waals surface area (Å²) in [4.78, 5) is 15.4. The molecule has 13 aromatic rings. The van der Waals surface area contributed by atoms with E-state index in [9.17, 15) is 0 Å². The van der Waals surface area contributed by atoms with E-state index in [-0.39, 0.29) is 0 Å². The summed E-state index contributed by atoms with van der Waals surface area (Å²) in [6, 6.07) is 67.5. The van der Waals surface area contributed by atoms with E-state index in [4.69, 9.17) is 23.8 Å². The molecule has 0 aliphatic carbocycles. The molecule has 13 rings (SSSR count). The van der Waals surface area contributed by atoms with Crippen LogP contribution in [0.5, 0.6) is 0 Å². The molecule has 0 N–H and O–H groups in total. The number of benzene rings is 9. The number of para-hydroxylation sites is 3. The summed E-state index contributed by atoms with van der Waals surface area (Å²) in [5.74, 6) is 1.75. The van der Waals surface area contributed by atoms with Crippen molar-refractivity contribution in [3.8, 4) is 51.0 Å². The number of fused-ring (bicyclic) bond motifs is 11. The molecule has 0 atom stereocenters. The minimum absolute atomic E-state index is 0.572. The molecule has 0 amide bonds. The van der Waals surface area contributed by atoms with Crippen molar-refractivity contribution in [1.29, 1.82) is 0 Å². The molecular formula is C57H38N4O2. The van der Waals surface area contributed by atoms with Gasteiger partial charge in [0.25, 0.3) is 0 Å². The van der Waals surface area contributed by atoms with Gasteiger partial charge in [-0.2, -0.15) is 0 Å². The van der Waals surface area contributed by atoms with Crippen LogP contribution in [-0.2, 0) is 0 Å². The molecule has 0 aliphatic heterocycles. The predicted octanol–water partition coefficient (Wildman–Crippen LogP) is 15.6. The van der Waals surface area contributed by atoms with Gasteiger partial charge in [0.05, 0.1) is 11.0 Å². The first kappa shape index (κ1) is 36.5. The van der Waals surface area contributed by atoms with Gasteiger partial charge in [-0.15, -0.1) is 0 Å². The number of aromatic nitrogens is 4. The quantitative estimate of drug-likeness (QED) is 0.173. The molecular weight excluding hydrogens is 773 g/mol. The Kier molecular flexibility index (Phi) is 8.50. The van der Waals surface area contributed by atoms with Gasteiger partial charge in [-0.05, 0) is 70.9 Å². The molecule has 6 nitrogen and oxygen atoms in total. The Morgan fingerprint density at radius 1 is 0.365 bits per heavy atom. The maximum atomic E-state index is 6.41. The predicted molar refractivity (Wildman–Crippen MR) is 259 cm³/mol. The Hall–Kier alpha value is -8.35. The maximum absolute atomic E-state index is 6.41. The number of hydrogen-bond acceptors (Lipinski definition) is 5. The zero-order valence-corrected chi connectivity index (χ0v) is 34.6. The SMILES string of the molecule is CC.c1ccc(-c2nc(-c3cccc(-n4c5ccc6ccccc6c5c5cccc(-c6ccc7c(c6)oc6ccccc67)c54)c3)nc(-c3ccc4c(c3)oc3ccccc34)n2)cc1. The fourth-order valence-corrected chi connectivity index (χ4v) is 9.23. The third kappa shape index (κ3) is 5.91. The van der Waals surface area contributed by atoms with E-state index in [1.165, 1.54) is 21.5 Å². The lowest BCUT2D eigenvalue weighted by Crippen LogP contribution is -2.01. The summed E-state index contributed by atoms with van der Waals surface area (Å²) in [5, 5.41) is 9.15. The molecule has 0 aliphatic rings. The zero-order valence-electron chi connectivity index (χ0n) is 34.6. The van der Waals surface area contributed by atoms with Crippen LogP contribution in [-0.4, -0.2) is 19.5 Å². The second-order valence-electron chi connectivity index (χ2n) is 15.6. The highest BCUT2D eigenvalue weighted by Crippen LogP contribution is 2.43. The van der Waals surface area contributed by atoms with Crippen molar-refractivity contribution in [2.75, 3.05) is 0 Å². The summed E-state index contributed by atoms with van der Waals surface area (Å²) in [6.07, 6.45) is 0. The highest BCUT2D eigenvalue weighted by atomic mass is 16.3. The molecule has 6 heteroatoms. The van der Waals surface area contributed by atoms with Crippen LogP contribution in [0.25, 0.3) is 127 Å². The van der Waals surface area contributed by atoms with Crippen molar-refractivity contribution < 1.29 is 8.83 Å². The third-order valence-corrected chi connectivity index (χ3v) is 12.0. The van der Waals surface area contributed by atoms with Crippen LogP contribution in [0.3, 0.4) is 0 Å². The monoisotopic (exact) mass is 810 g/mol. The van der Waals surface area contributed by atoms with Crippen molar-refractivity contribution in [3.05, 3.63) is 194 Å². The Morgan fingerprint density at radius 3 is 1.60 bits per heavy atom. The summed E-state index contributed by atoms with van der Waals surface area (Å²) in [7, 11) is 0. The van der Waals surface area contributed by atoms with Crippen molar-refractivity contribution in [2.24, 2.45) is 0 Å². The normalized spacial score (nSPS) is 11.7. The van der Waals surface area contributed by atoms with Crippen LogP contribution in [0.4, 0.5) is 0 Å². The molecule has 0 bridgehead atoms. The molecule has 0 spiro atoms. The minimum atomic E-state index is 0.572. The van der Waals surface area contributed by atoms with Gasteiger partial charge in [0.1, 0.15) is 22.3 Å². The maximum Gasteiger partial charge on any atom is 0.164 e. The van der Waals surface area contributed by atoms with Crippen LogP contribution in [0.15, 0.2) is 203 Å². The highest BCUT2D eigenvalue weighted by molar-refractivity contribution is 6.23. The van der Waals surface area contributed by atoms with Gasteiger partial charge in [-0.25, -0.2) is 15.0 Å². The molecule has 0 saturated carbocycles. The van der Waals surface area contributed by atoms with Gasteiger partial charge < -0.3 is 13.4 Å². The third-order valence-electron chi connectivity index (χ3n) is 12.0. The summed E-state index contributed by atoms with van der Waals surface area (Å²) >= 11 is 0. The van der Waals surface area contributed by atoms with Crippen LogP contribution in [0.2, 0.25) is 0 Å². The van der Waals surface area contributed by atoms with Gasteiger partial charge in [0, 0.05) is 60.3 Å². The van der Waals surface area contributed by atoms with Crippen molar-refractivity contribution in [3.63, 3.8) is 0 Å². The molecule has 0 saturated heterocycles. The average molecular weight is 811 g/mol. The van der Waals surface area contributed by atoms with Gasteiger partial charge in [-0.1, -0.05) is 153 Å². The van der Waals surface area contributed by atoms with Gasteiger partial charge >= 0.3 is 0 Å². The number of hydrogen-bond donors (Lipinski definition) is 0. The fourth-order valence-electron chi connectivity index (χ4n) is 9.23. The number of furan rings is 2. The van der Waals surface area contributed by atoms with Crippen molar-refractivity contribution in [1.82, 2.24) is 19.5 Å². The minimum Gasteiger partial charge on any atom is -0.456 e. The van der Waals surface area contributed by atoms with Crippen LogP contribution in [0.1, 0.15) is 13.8 Å². The summed E-state index contributed by atoms with van der Waals surface area (Å²) in [5.41, 5.74) is 11.4. The van der Waals surface area contributed by atoms with E-state index in [1.807, 2.05) is 80.6 Å². The first-order chi connectivity index (χ1) is 31.2. The van der Waals surface area contributed by atoms with Crippen molar-refractivity contribution >= 4 is 76.5 Å². The van der Waals surface area contributed by atoms with E-state index in [1.54, 1.807) is 0 Å². The van der Waals surface area contributed by atoms with Gasteiger partial charge in [-0.3, -0.25) is 0 Å². The smallest absolute Gasteiger partial charge is 0.164 e. The molecule has 0 fully saturated rings. The largest absolute Gasteiger partial charge is 0.456 e. The molecule has 0 unspecified atom stereocenters. The Bertz CT molecular complexity index is 3900. The standard InChI is InChI=1S/C55H32N4O2.C2H6/c1-2-13-34(14-3-1)53-56-54(58-55(57-53)37-25-28-44-42-19-7-9-23-48(42)61-50(44)32-37)36-15-10-16-38(30-36)59-46-29-26-33-12-4-5-17-39(33)51(46)45-21-11-20-40(52(45)59)35-24-27-43-41-18-6-8-22-47(41)60-49(43)31-35;1-2/h1-32H;1-2H3. The lowest BCUT2D eigenvalue weighted by molar-refractivity contribution is 0.668. The molecule has 9 aromatic carbocycles. The average Bonchev–Trinajstić information content (AvgIpc) is 4.04. The lowest BCUT2D eigenvalue weighted by atomic mass is 9.99. The zero-order chi connectivity index (χ0) is 42.0. The first-order valence-corrected chi connectivity index (χ1v) is 21.4. The fraction of sp³-hybridized carbons (Fsp3) is 0.0351. The second kappa shape index (κ2) is 14.7. The summed E-state index contributed by atoms with van der Waals surface area (Å²) in [6.45, 7) is 4.00. The first-order valence-electron chi connectivity index (χ1n) is 21.4. The lowest BCUT2D eigenvalue weighted by Gasteiger charge is -2.14. The second-order valence-corrected chi connectivity index (χ2v) is 15.6. The van der Waals surface area contributed by atoms with Crippen LogP contribution < -0.4 is 0 Å². The van der Waals surface area contributed by atoms with Crippen molar-refractivity contribution in [2.45, 2.75) is 13.8 Å². The van der Waals surface area contributed by atoms with E-state index in [2.05, 4.69) is 132 Å². The van der Waals surface area contributed by atoms with E-state index in [0.29, 0.717) is 17.5 Å². The molecule has 0 radical (unpaired) electrons. The number of nitrogens with zero attached hydrogens (tertiary/aromatic N) is 4. The Labute approximate surface area is 362 Å². The molecule has 4 heterocycles. The molecule has 298 valence electrons. The highest BCUT2D eigenvalue weighted by Gasteiger charge is 2.21. The van der Waals surface area contributed by atoms with E-state index in [0.717, 1.165) is 88.4 Å².